The van der Waals surface area contributed by atoms with E-state index in [2.05, 4.69) is 0 Å². The molecule has 0 amide bonds. The van der Waals surface area contributed by atoms with Crippen LogP contribution in [0.2, 0.25) is 0 Å². The molecule has 14 heavy (non-hydrogen) atoms. The van der Waals surface area contributed by atoms with Gasteiger partial charge in [0.25, 0.3) is 0 Å². The Labute approximate surface area is 82.9 Å². The first-order chi connectivity index (χ1) is 6.50. The number of benzene rings is 1. The molecule has 0 fully saturated rings. The number of nitrogens with two attached hydrogens (primary N) is 1. The Kier molecular flexibility index (Phi) is 3.02. The number of carbonyl (C=O) groups excluding carboxylic acids is 2. The molecule has 0 bridgehead atoms. The summed E-state index contributed by atoms with van der Waals surface area (Å²) in [5.74, 6) is -0.307. The monoisotopic (exact) mass is 191 g/mol. The summed E-state index contributed by atoms with van der Waals surface area (Å²) >= 11 is 0. The van der Waals surface area contributed by atoms with Gasteiger partial charge in [0.05, 0.1) is 6.42 Å². The van der Waals surface area contributed by atoms with Crippen LogP contribution in [0.15, 0.2) is 18.2 Å². The van der Waals surface area contributed by atoms with Gasteiger partial charge in [0, 0.05) is 11.3 Å². The summed E-state index contributed by atoms with van der Waals surface area (Å²) in [7, 11) is 0. The second-order valence-corrected chi connectivity index (χ2v) is 3.37. The number of rotatable bonds is 3. The minimum Gasteiger partial charge on any atom is -0.398 e. The predicted molar refractivity (Wildman–Crippen MR) is 55.2 cm³/mol. The molecule has 0 spiro atoms. The molecule has 0 aromatic heterocycles. The molecule has 0 heterocycles. The van der Waals surface area contributed by atoms with Crippen LogP contribution >= 0.6 is 0 Å². The molecule has 2 N–H and O–H groups in total. The van der Waals surface area contributed by atoms with Gasteiger partial charge in [-0.15, -0.1) is 0 Å². The van der Waals surface area contributed by atoms with Gasteiger partial charge in [-0.2, -0.15) is 0 Å². The third kappa shape index (κ3) is 2.42. The number of carbonyl (C=O) groups is 2. The van der Waals surface area contributed by atoms with Crippen molar-refractivity contribution in [2.75, 3.05) is 5.73 Å². The van der Waals surface area contributed by atoms with Gasteiger partial charge in [0.1, 0.15) is 5.78 Å². The predicted octanol–water partition coefficient (Wildman–Crippen LogP) is 1.74. The van der Waals surface area contributed by atoms with Crippen LogP contribution in [0.3, 0.4) is 0 Å². The standard InChI is InChI=1S/C11H13NO2/c1-7-3-4-9(6-10(7)12)11(14)5-8(2)13/h3-4,6H,5,12H2,1-2H3. The Morgan fingerprint density at radius 2 is 2.00 bits per heavy atom. The van der Waals surface area contributed by atoms with Crippen LogP contribution in [0.4, 0.5) is 5.69 Å². The van der Waals surface area contributed by atoms with Crippen molar-refractivity contribution in [1.82, 2.24) is 0 Å². The fraction of sp³-hybridized carbons (Fsp3) is 0.273. The third-order valence-corrected chi connectivity index (χ3v) is 2.01. The Bertz CT molecular complexity index is 383. The van der Waals surface area contributed by atoms with Crippen LogP contribution in [0.5, 0.6) is 0 Å². The van der Waals surface area contributed by atoms with Crippen LogP contribution in [0, 0.1) is 6.92 Å². The molecule has 1 rings (SSSR count). The van der Waals surface area contributed by atoms with Crippen molar-refractivity contribution in [1.29, 1.82) is 0 Å². The second kappa shape index (κ2) is 4.05. The lowest BCUT2D eigenvalue weighted by atomic mass is 10.0. The van der Waals surface area contributed by atoms with Crippen molar-refractivity contribution in [3.63, 3.8) is 0 Å². The summed E-state index contributed by atoms with van der Waals surface area (Å²) in [5, 5.41) is 0. The first kappa shape index (κ1) is 10.4. The highest BCUT2D eigenvalue weighted by Crippen LogP contribution is 2.14. The van der Waals surface area contributed by atoms with Crippen molar-refractivity contribution in [2.24, 2.45) is 0 Å². The Morgan fingerprint density at radius 1 is 1.36 bits per heavy atom. The maximum Gasteiger partial charge on any atom is 0.170 e. The zero-order valence-electron chi connectivity index (χ0n) is 8.33. The summed E-state index contributed by atoms with van der Waals surface area (Å²) in [4.78, 5) is 22.2. The zero-order chi connectivity index (χ0) is 10.7. The topological polar surface area (TPSA) is 60.2 Å². The molecule has 0 saturated carbocycles. The molecule has 1 aromatic carbocycles. The van der Waals surface area contributed by atoms with Crippen molar-refractivity contribution < 1.29 is 9.59 Å². The van der Waals surface area contributed by atoms with E-state index in [0.717, 1.165) is 5.56 Å². The van der Waals surface area contributed by atoms with Gasteiger partial charge >= 0.3 is 0 Å². The molecule has 0 aliphatic rings. The van der Waals surface area contributed by atoms with Crippen LogP contribution in [-0.2, 0) is 4.79 Å². The molecule has 0 saturated heterocycles. The fourth-order valence-electron chi connectivity index (χ4n) is 1.14. The second-order valence-electron chi connectivity index (χ2n) is 3.37. The maximum atomic E-state index is 11.4. The Hall–Kier alpha value is -1.64. The zero-order valence-corrected chi connectivity index (χ0v) is 8.33. The minimum atomic E-state index is -0.177. The fourth-order valence-corrected chi connectivity index (χ4v) is 1.14. The van der Waals surface area contributed by atoms with E-state index in [4.69, 9.17) is 5.73 Å². The first-order valence-electron chi connectivity index (χ1n) is 4.39. The van der Waals surface area contributed by atoms with Gasteiger partial charge in [-0.25, -0.2) is 0 Å². The Morgan fingerprint density at radius 3 is 2.50 bits per heavy atom. The van der Waals surface area contributed by atoms with Gasteiger partial charge < -0.3 is 5.73 Å². The van der Waals surface area contributed by atoms with E-state index in [9.17, 15) is 9.59 Å². The van der Waals surface area contributed by atoms with E-state index >= 15 is 0 Å². The molecule has 74 valence electrons. The largest absolute Gasteiger partial charge is 0.398 e. The number of anilines is 1. The molecule has 3 heteroatoms. The van der Waals surface area contributed by atoms with Crippen LogP contribution < -0.4 is 5.73 Å². The number of Topliss-reactive ketones (excluding diaryl/α,β-unsaturated/α-hetero) is 2. The average molecular weight is 191 g/mol. The van der Waals surface area contributed by atoms with Crippen molar-refractivity contribution in [2.45, 2.75) is 20.3 Å². The quantitative estimate of drug-likeness (QED) is 0.449. The van der Waals surface area contributed by atoms with Crippen molar-refractivity contribution in [3.05, 3.63) is 29.3 Å². The SMILES string of the molecule is CC(=O)CC(=O)c1ccc(C)c(N)c1. The van der Waals surface area contributed by atoms with Gasteiger partial charge in [-0.05, 0) is 25.5 Å². The normalized spacial score (nSPS) is 9.86. The van der Waals surface area contributed by atoms with Crippen molar-refractivity contribution >= 4 is 17.3 Å². The highest BCUT2D eigenvalue weighted by atomic mass is 16.1. The van der Waals surface area contributed by atoms with E-state index in [1.54, 1.807) is 18.2 Å². The number of aryl methyl sites for hydroxylation is 1. The van der Waals surface area contributed by atoms with Crippen LogP contribution in [0.25, 0.3) is 0 Å². The molecule has 3 nitrogen and oxygen atoms in total. The smallest absolute Gasteiger partial charge is 0.170 e. The number of hydrogen-bond donors (Lipinski definition) is 1. The molecular formula is C11H13NO2. The highest BCUT2D eigenvalue weighted by Gasteiger charge is 2.09. The third-order valence-electron chi connectivity index (χ3n) is 2.01. The van der Waals surface area contributed by atoms with Gasteiger partial charge in [-0.1, -0.05) is 12.1 Å². The molecule has 0 atom stereocenters. The van der Waals surface area contributed by atoms with Crippen molar-refractivity contribution in [3.8, 4) is 0 Å². The van der Waals surface area contributed by atoms with Crippen LogP contribution in [0.1, 0.15) is 29.3 Å². The first-order valence-corrected chi connectivity index (χ1v) is 4.39. The van der Waals surface area contributed by atoms with E-state index in [1.807, 2.05) is 6.92 Å². The van der Waals surface area contributed by atoms with Gasteiger partial charge in [0.2, 0.25) is 0 Å². The number of hydrogen-bond acceptors (Lipinski definition) is 3. The van der Waals surface area contributed by atoms with Gasteiger partial charge in [0.15, 0.2) is 5.78 Å². The lowest BCUT2D eigenvalue weighted by Crippen LogP contribution is -2.05. The van der Waals surface area contributed by atoms with E-state index in [1.165, 1.54) is 6.92 Å². The average Bonchev–Trinajstić information content (AvgIpc) is 2.08. The summed E-state index contributed by atoms with van der Waals surface area (Å²) < 4.78 is 0. The lowest BCUT2D eigenvalue weighted by molar-refractivity contribution is -0.116. The summed E-state index contributed by atoms with van der Waals surface area (Å²) in [6.07, 6.45) is -0.0531. The molecule has 0 radical (unpaired) electrons. The number of nitrogen functional groups attached to an aromatic ring is 1. The summed E-state index contributed by atoms with van der Waals surface area (Å²) in [6.45, 7) is 3.27. The summed E-state index contributed by atoms with van der Waals surface area (Å²) in [5.41, 5.74) is 7.67. The molecule has 0 aliphatic heterocycles. The van der Waals surface area contributed by atoms with E-state index < -0.39 is 0 Å². The molecule has 0 aliphatic carbocycles. The Balaban J connectivity index is 2.91. The maximum absolute atomic E-state index is 11.4. The number of ketones is 2. The van der Waals surface area contributed by atoms with Gasteiger partial charge in [-0.3, -0.25) is 9.59 Å². The molecule has 0 unspecified atom stereocenters. The molecular weight excluding hydrogens is 178 g/mol. The minimum absolute atomic E-state index is 0.0531. The van der Waals surface area contributed by atoms with E-state index in [0.29, 0.717) is 11.3 Å². The lowest BCUT2D eigenvalue weighted by Gasteiger charge is -2.02. The molecule has 1 aromatic rings. The summed E-state index contributed by atoms with van der Waals surface area (Å²) in [6, 6.07) is 5.08. The van der Waals surface area contributed by atoms with E-state index in [-0.39, 0.29) is 18.0 Å². The van der Waals surface area contributed by atoms with Crippen LogP contribution in [-0.4, -0.2) is 11.6 Å². The highest BCUT2D eigenvalue weighted by molar-refractivity contribution is 6.07.